The van der Waals surface area contributed by atoms with E-state index in [1.165, 1.54) is 12.8 Å². The number of halogens is 3. The standard InChI is InChI=1S/C30H49F3O2/c1-19(10-13-25(34)26(2,3)4)22-11-12-23-21-9-7-8-20-18-29(35,30(31,32)33)17-16-27(20,5)24(21)14-15-28(22,23)6/h8,19,21-25,34-35H,7,9-18H2,1-6H3/t19-,21-,22-,23+,24+,25+,27+,28-,29+/m1/s1. The van der Waals surface area contributed by atoms with Crippen molar-refractivity contribution in [2.45, 2.75) is 130 Å². The highest BCUT2D eigenvalue weighted by Crippen LogP contribution is 2.67. The van der Waals surface area contributed by atoms with E-state index in [9.17, 15) is 23.4 Å². The second-order valence-electron chi connectivity index (χ2n) is 14.5. The number of aliphatic hydroxyl groups is 2. The summed E-state index contributed by atoms with van der Waals surface area (Å²) in [5.74, 6) is 2.84. The van der Waals surface area contributed by atoms with Gasteiger partial charge in [0.1, 0.15) is 0 Å². The van der Waals surface area contributed by atoms with E-state index in [0.29, 0.717) is 36.0 Å². The highest BCUT2D eigenvalue weighted by molar-refractivity contribution is 5.26. The Labute approximate surface area is 211 Å². The van der Waals surface area contributed by atoms with Crippen molar-refractivity contribution in [2.75, 3.05) is 0 Å². The van der Waals surface area contributed by atoms with Crippen molar-refractivity contribution >= 4 is 0 Å². The molecule has 2 N–H and O–H groups in total. The quantitative estimate of drug-likeness (QED) is 0.385. The normalized spacial score (nSPS) is 43.9. The van der Waals surface area contributed by atoms with Crippen molar-refractivity contribution in [2.24, 2.45) is 45.8 Å². The van der Waals surface area contributed by atoms with Crippen LogP contribution in [-0.2, 0) is 0 Å². The molecule has 4 rings (SSSR count). The molecule has 4 aliphatic rings. The van der Waals surface area contributed by atoms with E-state index >= 15 is 0 Å². The maximum atomic E-state index is 13.7. The molecule has 2 nitrogen and oxygen atoms in total. The third kappa shape index (κ3) is 4.64. The fourth-order valence-electron chi connectivity index (χ4n) is 9.16. The van der Waals surface area contributed by atoms with Gasteiger partial charge in [0.2, 0.25) is 0 Å². The second kappa shape index (κ2) is 9.03. The van der Waals surface area contributed by atoms with Gasteiger partial charge in [0.05, 0.1) is 6.10 Å². The van der Waals surface area contributed by atoms with Gasteiger partial charge in [-0.3, -0.25) is 0 Å². The molecule has 3 saturated carbocycles. The highest BCUT2D eigenvalue weighted by Gasteiger charge is 2.62. The number of hydrogen-bond acceptors (Lipinski definition) is 2. The fraction of sp³-hybridized carbons (Fsp3) is 0.933. The molecule has 0 spiro atoms. The maximum absolute atomic E-state index is 13.7. The summed E-state index contributed by atoms with van der Waals surface area (Å²) >= 11 is 0. The summed E-state index contributed by atoms with van der Waals surface area (Å²) < 4.78 is 41.0. The summed E-state index contributed by atoms with van der Waals surface area (Å²) in [5.41, 5.74) is -1.71. The summed E-state index contributed by atoms with van der Waals surface area (Å²) in [6.07, 6.45) is 5.77. The van der Waals surface area contributed by atoms with E-state index in [0.717, 1.165) is 44.1 Å². The first-order valence-corrected chi connectivity index (χ1v) is 14.2. The second-order valence-corrected chi connectivity index (χ2v) is 14.5. The van der Waals surface area contributed by atoms with Gasteiger partial charge >= 0.3 is 6.18 Å². The Morgan fingerprint density at radius 1 is 0.971 bits per heavy atom. The van der Waals surface area contributed by atoms with Gasteiger partial charge in [0, 0.05) is 6.42 Å². The molecular formula is C30H49F3O2. The first kappa shape index (κ1) is 27.5. The first-order valence-electron chi connectivity index (χ1n) is 14.2. The fourth-order valence-corrected chi connectivity index (χ4v) is 9.16. The van der Waals surface area contributed by atoms with Gasteiger partial charge in [0.25, 0.3) is 0 Å². The summed E-state index contributed by atoms with van der Waals surface area (Å²) in [6.45, 7) is 13.4. The molecule has 5 heteroatoms. The molecule has 0 saturated heterocycles. The largest absolute Gasteiger partial charge is 0.417 e. The van der Waals surface area contributed by atoms with E-state index in [1.807, 2.05) is 0 Å². The number of fused-ring (bicyclic) bond motifs is 5. The Morgan fingerprint density at radius 3 is 2.29 bits per heavy atom. The van der Waals surface area contributed by atoms with Gasteiger partial charge < -0.3 is 10.2 Å². The molecule has 4 aliphatic carbocycles. The Kier molecular flexibility index (Phi) is 7.09. The van der Waals surface area contributed by atoms with Crippen LogP contribution in [0.3, 0.4) is 0 Å². The van der Waals surface area contributed by atoms with Crippen LogP contribution in [-0.4, -0.2) is 28.1 Å². The van der Waals surface area contributed by atoms with Crippen molar-refractivity contribution in [3.8, 4) is 0 Å². The van der Waals surface area contributed by atoms with Crippen LogP contribution < -0.4 is 0 Å². The first-order chi connectivity index (χ1) is 16.0. The smallest absolute Gasteiger partial charge is 0.393 e. The molecule has 202 valence electrons. The van der Waals surface area contributed by atoms with E-state index in [2.05, 4.69) is 47.6 Å². The monoisotopic (exact) mass is 498 g/mol. The van der Waals surface area contributed by atoms with Gasteiger partial charge in [-0.15, -0.1) is 0 Å². The zero-order valence-electron chi connectivity index (χ0n) is 22.8. The summed E-state index contributed by atoms with van der Waals surface area (Å²) in [7, 11) is 0. The van der Waals surface area contributed by atoms with Gasteiger partial charge in [-0.1, -0.05) is 53.2 Å². The summed E-state index contributed by atoms with van der Waals surface area (Å²) in [4.78, 5) is 0. The third-order valence-electron chi connectivity index (χ3n) is 11.6. The van der Waals surface area contributed by atoms with Crippen LogP contribution in [0.4, 0.5) is 13.2 Å². The summed E-state index contributed by atoms with van der Waals surface area (Å²) in [5, 5.41) is 21.1. The van der Waals surface area contributed by atoms with Crippen LogP contribution in [0, 0.1) is 45.8 Å². The highest BCUT2D eigenvalue weighted by atomic mass is 19.4. The summed E-state index contributed by atoms with van der Waals surface area (Å²) in [6, 6.07) is 0. The Hall–Kier alpha value is -0.550. The number of allylic oxidation sites excluding steroid dienone is 1. The van der Waals surface area contributed by atoms with Crippen molar-refractivity contribution in [3.63, 3.8) is 0 Å². The topological polar surface area (TPSA) is 40.5 Å². The van der Waals surface area contributed by atoms with E-state index < -0.39 is 11.8 Å². The minimum Gasteiger partial charge on any atom is -0.393 e. The van der Waals surface area contributed by atoms with Crippen LogP contribution in [0.1, 0.15) is 112 Å². The molecule has 9 atom stereocenters. The molecule has 0 aromatic heterocycles. The molecule has 0 aromatic carbocycles. The lowest BCUT2D eigenvalue weighted by molar-refractivity contribution is -0.270. The average molecular weight is 499 g/mol. The molecule has 0 radical (unpaired) electrons. The van der Waals surface area contributed by atoms with Crippen molar-refractivity contribution in [3.05, 3.63) is 11.6 Å². The number of alkyl halides is 3. The van der Waals surface area contributed by atoms with Gasteiger partial charge in [-0.25, -0.2) is 0 Å². The lowest BCUT2D eigenvalue weighted by Gasteiger charge is -2.56. The lowest BCUT2D eigenvalue weighted by Crippen LogP contribution is -2.54. The Bertz CT molecular complexity index is 813. The predicted octanol–water partition coefficient (Wildman–Crippen LogP) is 8.07. The molecule has 0 aliphatic heterocycles. The average Bonchev–Trinajstić information content (AvgIpc) is 3.03. The van der Waals surface area contributed by atoms with Crippen LogP contribution in [0.15, 0.2) is 11.6 Å². The zero-order chi connectivity index (χ0) is 26.0. The molecular weight excluding hydrogens is 449 g/mol. The van der Waals surface area contributed by atoms with E-state index in [-0.39, 0.29) is 35.2 Å². The SMILES string of the molecule is C[C@H](CC[C@H](O)C(C)(C)C)[C@H]1CC[C@H]2[C@H]3CCC=C4C[C@](O)(C(F)(F)F)CC[C@]4(C)[C@H]3CC[C@]12C. The zero-order valence-corrected chi connectivity index (χ0v) is 22.8. The number of rotatable bonds is 4. The van der Waals surface area contributed by atoms with Crippen LogP contribution >= 0.6 is 0 Å². The molecule has 0 unspecified atom stereocenters. The van der Waals surface area contributed by atoms with Gasteiger partial charge in [0.15, 0.2) is 5.60 Å². The maximum Gasteiger partial charge on any atom is 0.417 e. The van der Waals surface area contributed by atoms with Gasteiger partial charge in [-0.05, 0) is 110 Å². The number of aliphatic hydroxyl groups excluding tert-OH is 1. The Morgan fingerprint density at radius 2 is 1.66 bits per heavy atom. The molecule has 0 bridgehead atoms. The lowest BCUT2D eigenvalue weighted by atomic mass is 9.49. The molecule has 0 amide bonds. The minimum atomic E-state index is -4.57. The van der Waals surface area contributed by atoms with Crippen molar-refractivity contribution < 1.29 is 23.4 Å². The molecule has 0 heterocycles. The van der Waals surface area contributed by atoms with Crippen LogP contribution in [0.25, 0.3) is 0 Å². The molecule has 0 aromatic rings. The number of hydrogen-bond donors (Lipinski definition) is 2. The van der Waals surface area contributed by atoms with Crippen molar-refractivity contribution in [1.29, 1.82) is 0 Å². The van der Waals surface area contributed by atoms with E-state index in [4.69, 9.17) is 0 Å². The third-order valence-corrected chi connectivity index (χ3v) is 11.6. The molecule has 3 fully saturated rings. The van der Waals surface area contributed by atoms with E-state index in [1.54, 1.807) is 0 Å². The minimum absolute atomic E-state index is 0.0847. The van der Waals surface area contributed by atoms with Crippen molar-refractivity contribution in [1.82, 2.24) is 0 Å². The van der Waals surface area contributed by atoms with Crippen LogP contribution in [0.5, 0.6) is 0 Å². The Balaban J connectivity index is 1.50. The van der Waals surface area contributed by atoms with Crippen LogP contribution in [0.2, 0.25) is 0 Å². The molecule has 35 heavy (non-hydrogen) atoms. The van der Waals surface area contributed by atoms with Gasteiger partial charge in [-0.2, -0.15) is 13.2 Å². The predicted molar refractivity (Wildman–Crippen MR) is 135 cm³/mol.